The number of benzene rings is 1. The molecule has 0 aliphatic rings. The third kappa shape index (κ3) is 2.03. The van der Waals surface area contributed by atoms with E-state index in [0.29, 0.717) is 0 Å². The second kappa shape index (κ2) is 4.04. The number of aliphatic hydroxyl groups excluding tert-OH is 1. The van der Waals surface area contributed by atoms with Gasteiger partial charge in [-0.3, -0.25) is 0 Å². The van der Waals surface area contributed by atoms with Crippen LogP contribution in [0.15, 0.2) is 24.4 Å². The monoisotopic (exact) mass is 204 g/mol. The molecule has 0 fully saturated rings. The molecule has 1 aromatic carbocycles. The second-order valence-corrected chi connectivity index (χ2v) is 4.09. The molecule has 2 N–H and O–H groups in total. The van der Waals surface area contributed by atoms with Crippen molar-refractivity contribution < 1.29 is 5.11 Å². The van der Waals surface area contributed by atoms with Gasteiger partial charge in [-0.2, -0.15) is 0 Å². The number of nitrogens with zero attached hydrogens (tertiary/aromatic N) is 1. The van der Waals surface area contributed by atoms with Crippen LogP contribution in [0.5, 0.6) is 0 Å². The van der Waals surface area contributed by atoms with Gasteiger partial charge >= 0.3 is 0 Å². The normalized spacial score (nSPS) is 11.5. The minimum absolute atomic E-state index is 0.0997. The molecule has 2 rings (SSSR count). The standard InChI is InChI=1S/C12H16N2O/c1-14(2)7-10-6-13-12-4-3-9(8-15)5-11(10)12/h3-6,13,15H,7-8H2,1-2H3. The molecule has 0 spiro atoms. The Morgan fingerprint density at radius 1 is 1.33 bits per heavy atom. The highest BCUT2D eigenvalue weighted by molar-refractivity contribution is 5.83. The Balaban J connectivity index is 2.46. The van der Waals surface area contributed by atoms with Crippen LogP contribution in [-0.4, -0.2) is 29.1 Å². The van der Waals surface area contributed by atoms with Crippen LogP contribution in [0.4, 0.5) is 0 Å². The zero-order chi connectivity index (χ0) is 10.8. The van der Waals surface area contributed by atoms with E-state index >= 15 is 0 Å². The van der Waals surface area contributed by atoms with Gasteiger partial charge in [0.25, 0.3) is 0 Å². The molecule has 0 atom stereocenters. The summed E-state index contributed by atoms with van der Waals surface area (Å²) in [7, 11) is 4.10. The third-order valence-electron chi connectivity index (χ3n) is 2.50. The van der Waals surface area contributed by atoms with Crippen molar-refractivity contribution in [2.45, 2.75) is 13.2 Å². The van der Waals surface area contributed by atoms with Crippen molar-refractivity contribution in [1.29, 1.82) is 0 Å². The molecule has 0 unspecified atom stereocenters. The van der Waals surface area contributed by atoms with Crippen molar-refractivity contribution in [2.24, 2.45) is 0 Å². The maximum Gasteiger partial charge on any atom is 0.0682 e. The van der Waals surface area contributed by atoms with E-state index in [-0.39, 0.29) is 6.61 Å². The van der Waals surface area contributed by atoms with Crippen LogP contribution in [0.25, 0.3) is 10.9 Å². The highest BCUT2D eigenvalue weighted by Gasteiger charge is 2.05. The lowest BCUT2D eigenvalue weighted by Crippen LogP contribution is -2.10. The van der Waals surface area contributed by atoms with Crippen molar-refractivity contribution >= 4 is 10.9 Å². The summed E-state index contributed by atoms with van der Waals surface area (Å²) in [4.78, 5) is 5.37. The Morgan fingerprint density at radius 3 is 2.80 bits per heavy atom. The molecule has 0 amide bonds. The average molecular weight is 204 g/mol. The molecule has 0 radical (unpaired) electrons. The quantitative estimate of drug-likeness (QED) is 0.799. The fourth-order valence-corrected chi connectivity index (χ4v) is 1.80. The molecule has 3 nitrogen and oxygen atoms in total. The smallest absolute Gasteiger partial charge is 0.0682 e. The van der Waals surface area contributed by atoms with Gasteiger partial charge in [0, 0.05) is 23.6 Å². The molecule has 0 saturated carbocycles. The van der Waals surface area contributed by atoms with Crippen LogP contribution in [0.1, 0.15) is 11.1 Å². The Bertz CT molecular complexity index is 460. The Labute approximate surface area is 89.3 Å². The molecule has 15 heavy (non-hydrogen) atoms. The van der Waals surface area contributed by atoms with Crippen molar-refractivity contribution in [3.05, 3.63) is 35.5 Å². The fraction of sp³-hybridized carbons (Fsp3) is 0.333. The van der Waals surface area contributed by atoms with Crippen LogP contribution in [-0.2, 0) is 13.2 Å². The van der Waals surface area contributed by atoms with Crippen LogP contribution in [0.2, 0.25) is 0 Å². The molecular formula is C12H16N2O. The van der Waals surface area contributed by atoms with Gasteiger partial charge in [0.2, 0.25) is 0 Å². The summed E-state index contributed by atoms with van der Waals surface area (Å²) in [5.74, 6) is 0. The molecule has 80 valence electrons. The number of aromatic amines is 1. The van der Waals surface area contributed by atoms with Gasteiger partial charge in [-0.15, -0.1) is 0 Å². The maximum absolute atomic E-state index is 9.09. The SMILES string of the molecule is CN(C)Cc1c[nH]c2ccc(CO)cc12. The van der Waals surface area contributed by atoms with Crippen molar-refractivity contribution in [3.8, 4) is 0 Å². The summed E-state index contributed by atoms with van der Waals surface area (Å²) in [5.41, 5.74) is 3.36. The molecule has 1 heterocycles. The number of H-pyrrole nitrogens is 1. The fourth-order valence-electron chi connectivity index (χ4n) is 1.80. The second-order valence-electron chi connectivity index (χ2n) is 4.09. The first-order valence-electron chi connectivity index (χ1n) is 5.05. The molecule has 2 aromatic rings. The predicted molar refractivity (Wildman–Crippen MR) is 61.6 cm³/mol. The molecular weight excluding hydrogens is 188 g/mol. The molecule has 3 heteroatoms. The van der Waals surface area contributed by atoms with E-state index < -0.39 is 0 Å². The maximum atomic E-state index is 9.09. The lowest BCUT2D eigenvalue weighted by molar-refractivity contribution is 0.282. The largest absolute Gasteiger partial charge is 0.392 e. The zero-order valence-corrected chi connectivity index (χ0v) is 9.12. The van der Waals surface area contributed by atoms with E-state index in [1.165, 1.54) is 10.9 Å². The molecule has 0 saturated heterocycles. The number of hydrogen-bond donors (Lipinski definition) is 2. The summed E-state index contributed by atoms with van der Waals surface area (Å²) >= 11 is 0. The van der Waals surface area contributed by atoms with Crippen LogP contribution < -0.4 is 0 Å². The number of rotatable bonds is 3. The summed E-state index contributed by atoms with van der Waals surface area (Å²) in [6, 6.07) is 6.00. The van der Waals surface area contributed by atoms with Gasteiger partial charge in [-0.05, 0) is 37.4 Å². The number of aliphatic hydroxyl groups is 1. The van der Waals surface area contributed by atoms with E-state index in [1.807, 2.05) is 24.4 Å². The van der Waals surface area contributed by atoms with Crippen molar-refractivity contribution in [2.75, 3.05) is 14.1 Å². The third-order valence-corrected chi connectivity index (χ3v) is 2.50. The summed E-state index contributed by atoms with van der Waals surface area (Å²) < 4.78 is 0. The van der Waals surface area contributed by atoms with Crippen LogP contribution in [0.3, 0.4) is 0 Å². The van der Waals surface area contributed by atoms with Gasteiger partial charge < -0.3 is 15.0 Å². The van der Waals surface area contributed by atoms with Crippen LogP contribution in [0, 0.1) is 0 Å². The van der Waals surface area contributed by atoms with Gasteiger partial charge in [-0.1, -0.05) is 6.07 Å². The zero-order valence-electron chi connectivity index (χ0n) is 9.12. The highest BCUT2D eigenvalue weighted by atomic mass is 16.3. The van der Waals surface area contributed by atoms with E-state index in [2.05, 4.69) is 24.0 Å². The van der Waals surface area contributed by atoms with Crippen LogP contribution >= 0.6 is 0 Å². The Morgan fingerprint density at radius 2 is 2.13 bits per heavy atom. The minimum Gasteiger partial charge on any atom is -0.392 e. The Kier molecular flexibility index (Phi) is 2.75. The lowest BCUT2D eigenvalue weighted by Gasteiger charge is -2.08. The summed E-state index contributed by atoms with van der Waals surface area (Å²) in [6.45, 7) is 1.01. The van der Waals surface area contributed by atoms with Gasteiger partial charge in [0.05, 0.1) is 6.61 Å². The van der Waals surface area contributed by atoms with E-state index in [0.717, 1.165) is 17.6 Å². The minimum atomic E-state index is 0.0997. The molecule has 0 aliphatic carbocycles. The first-order chi connectivity index (χ1) is 7.20. The van der Waals surface area contributed by atoms with Gasteiger partial charge in [-0.25, -0.2) is 0 Å². The Hall–Kier alpha value is -1.32. The van der Waals surface area contributed by atoms with Gasteiger partial charge in [0.15, 0.2) is 0 Å². The topological polar surface area (TPSA) is 39.3 Å². The lowest BCUT2D eigenvalue weighted by atomic mass is 10.1. The van der Waals surface area contributed by atoms with Crippen molar-refractivity contribution in [3.63, 3.8) is 0 Å². The van der Waals surface area contributed by atoms with Crippen molar-refractivity contribution in [1.82, 2.24) is 9.88 Å². The highest BCUT2D eigenvalue weighted by Crippen LogP contribution is 2.20. The van der Waals surface area contributed by atoms with E-state index in [4.69, 9.17) is 5.11 Å². The number of hydrogen-bond acceptors (Lipinski definition) is 2. The number of fused-ring (bicyclic) bond motifs is 1. The number of nitrogens with one attached hydrogen (secondary N) is 1. The predicted octanol–water partition coefficient (Wildman–Crippen LogP) is 1.72. The molecule has 0 bridgehead atoms. The molecule has 1 aromatic heterocycles. The first-order valence-corrected chi connectivity index (χ1v) is 5.05. The first kappa shape index (κ1) is 10.2. The van der Waals surface area contributed by atoms with Gasteiger partial charge in [0.1, 0.15) is 0 Å². The van der Waals surface area contributed by atoms with E-state index in [1.54, 1.807) is 0 Å². The average Bonchev–Trinajstić information content (AvgIpc) is 2.60. The van der Waals surface area contributed by atoms with E-state index in [9.17, 15) is 0 Å². The molecule has 0 aliphatic heterocycles. The summed E-state index contributed by atoms with van der Waals surface area (Å²) in [6.07, 6.45) is 2.03. The summed E-state index contributed by atoms with van der Waals surface area (Å²) in [5, 5.41) is 10.3. The number of aromatic nitrogens is 1.